The third-order valence-electron chi connectivity index (χ3n) is 5.77. The van der Waals surface area contributed by atoms with E-state index in [1.54, 1.807) is 28.8 Å². The maximum Gasteiger partial charge on any atom is 0.266 e. The summed E-state index contributed by atoms with van der Waals surface area (Å²) >= 11 is 13.8. The molecule has 0 aliphatic heterocycles. The van der Waals surface area contributed by atoms with Gasteiger partial charge in [0, 0.05) is 27.9 Å². The molecular weight excluding hydrogens is 525 g/mol. The van der Waals surface area contributed by atoms with Gasteiger partial charge in [0.15, 0.2) is 5.16 Å². The minimum atomic E-state index is -0.274. The first kappa shape index (κ1) is 25.1. The summed E-state index contributed by atoms with van der Waals surface area (Å²) in [5.74, 6) is 0.299. The number of fused-ring (bicyclic) bond motifs is 1. The van der Waals surface area contributed by atoms with Gasteiger partial charge in [-0.25, -0.2) is 4.98 Å². The van der Waals surface area contributed by atoms with Crippen LogP contribution in [0.15, 0.2) is 107 Å². The van der Waals surface area contributed by atoms with Crippen LogP contribution in [0.2, 0.25) is 10.0 Å². The van der Waals surface area contributed by atoms with Crippen LogP contribution in [-0.2, 0) is 12.3 Å². The number of nitrogens with one attached hydrogen (secondary N) is 1. The van der Waals surface area contributed by atoms with Crippen LogP contribution in [0.4, 0.5) is 0 Å². The standard InChI is InChI=1S/C29H21Cl2N3O2S/c30-22-9-6-7-19(15-22)18-37-29-33-26-16-20(27(35)32-17-21-8-4-5-12-25(21)31)13-14-24(26)28(36)34(29)23-10-2-1-3-11-23/h1-16H,17-18H2,(H,32,35). The second-order valence-corrected chi connectivity index (χ2v) is 10.1. The first-order valence-corrected chi connectivity index (χ1v) is 13.2. The minimum absolute atomic E-state index is 0.201. The van der Waals surface area contributed by atoms with Gasteiger partial charge in [0.2, 0.25) is 0 Å². The van der Waals surface area contributed by atoms with Crippen molar-refractivity contribution in [3.05, 3.63) is 134 Å². The third-order valence-corrected chi connectivity index (χ3v) is 7.38. The van der Waals surface area contributed by atoms with Gasteiger partial charge in [-0.05, 0) is 59.7 Å². The van der Waals surface area contributed by atoms with Crippen molar-refractivity contribution in [1.82, 2.24) is 14.9 Å². The average Bonchev–Trinajstić information content (AvgIpc) is 2.91. The molecule has 5 aromatic rings. The molecule has 184 valence electrons. The van der Waals surface area contributed by atoms with Gasteiger partial charge in [-0.3, -0.25) is 14.2 Å². The highest BCUT2D eigenvalue weighted by Crippen LogP contribution is 2.26. The summed E-state index contributed by atoms with van der Waals surface area (Å²) in [7, 11) is 0. The summed E-state index contributed by atoms with van der Waals surface area (Å²) < 4.78 is 1.61. The number of rotatable bonds is 7. The average molecular weight is 546 g/mol. The largest absolute Gasteiger partial charge is 0.348 e. The van der Waals surface area contributed by atoms with Gasteiger partial charge in [0.1, 0.15) is 0 Å². The monoisotopic (exact) mass is 545 g/mol. The molecule has 0 spiro atoms. The van der Waals surface area contributed by atoms with E-state index < -0.39 is 0 Å². The van der Waals surface area contributed by atoms with Gasteiger partial charge in [0.25, 0.3) is 11.5 Å². The number of nitrogens with zero attached hydrogens (tertiary/aromatic N) is 2. The lowest BCUT2D eigenvalue weighted by Crippen LogP contribution is -2.24. The fourth-order valence-electron chi connectivity index (χ4n) is 3.90. The van der Waals surface area contributed by atoms with Crippen LogP contribution in [0.1, 0.15) is 21.5 Å². The van der Waals surface area contributed by atoms with Crippen molar-refractivity contribution in [2.24, 2.45) is 0 Å². The van der Waals surface area contributed by atoms with Crippen LogP contribution in [0.3, 0.4) is 0 Å². The molecule has 0 bridgehead atoms. The van der Waals surface area contributed by atoms with Gasteiger partial charge in [-0.2, -0.15) is 0 Å². The van der Waals surface area contributed by atoms with Crippen molar-refractivity contribution < 1.29 is 4.79 Å². The molecule has 8 heteroatoms. The topological polar surface area (TPSA) is 64.0 Å². The minimum Gasteiger partial charge on any atom is -0.348 e. The lowest BCUT2D eigenvalue weighted by atomic mass is 10.1. The van der Waals surface area contributed by atoms with E-state index in [1.165, 1.54) is 11.8 Å². The number of amides is 1. The Balaban J connectivity index is 1.50. The quantitative estimate of drug-likeness (QED) is 0.178. The number of halogens is 2. The van der Waals surface area contributed by atoms with Crippen molar-refractivity contribution in [3.63, 3.8) is 0 Å². The Morgan fingerprint density at radius 2 is 1.68 bits per heavy atom. The zero-order valence-corrected chi connectivity index (χ0v) is 21.9. The molecule has 5 rings (SSSR count). The molecule has 0 atom stereocenters. The van der Waals surface area contributed by atoms with E-state index in [0.29, 0.717) is 44.0 Å². The smallest absolute Gasteiger partial charge is 0.266 e. The van der Waals surface area contributed by atoms with Crippen LogP contribution < -0.4 is 10.9 Å². The lowest BCUT2D eigenvalue weighted by molar-refractivity contribution is 0.0951. The molecule has 5 nitrogen and oxygen atoms in total. The molecular formula is C29H21Cl2N3O2S. The molecule has 0 radical (unpaired) electrons. The maximum absolute atomic E-state index is 13.6. The normalized spacial score (nSPS) is 11.0. The molecule has 0 aliphatic carbocycles. The number of carbonyl (C=O) groups is 1. The predicted molar refractivity (Wildman–Crippen MR) is 151 cm³/mol. The molecule has 4 aromatic carbocycles. The number of benzene rings is 4. The Hall–Kier alpha value is -3.58. The summed E-state index contributed by atoms with van der Waals surface area (Å²) in [5, 5.41) is 5.08. The van der Waals surface area contributed by atoms with Crippen LogP contribution in [0.25, 0.3) is 16.6 Å². The summed E-state index contributed by atoms with van der Waals surface area (Å²) in [6.07, 6.45) is 0. The Morgan fingerprint density at radius 1 is 0.892 bits per heavy atom. The number of carbonyl (C=O) groups excluding carboxylic acids is 1. The van der Waals surface area contributed by atoms with E-state index in [1.807, 2.05) is 72.8 Å². The van der Waals surface area contributed by atoms with Crippen LogP contribution in [-0.4, -0.2) is 15.5 Å². The maximum atomic E-state index is 13.6. The second kappa shape index (κ2) is 11.2. The summed E-state index contributed by atoms with van der Waals surface area (Å²) in [4.78, 5) is 31.3. The molecule has 0 unspecified atom stereocenters. The van der Waals surface area contributed by atoms with Crippen molar-refractivity contribution in [2.45, 2.75) is 17.5 Å². The first-order valence-electron chi connectivity index (χ1n) is 11.5. The van der Waals surface area contributed by atoms with E-state index in [4.69, 9.17) is 28.2 Å². The van der Waals surface area contributed by atoms with Crippen molar-refractivity contribution >= 4 is 51.8 Å². The molecule has 0 fully saturated rings. The molecule has 1 heterocycles. The van der Waals surface area contributed by atoms with E-state index in [9.17, 15) is 9.59 Å². The SMILES string of the molecule is O=C(NCc1ccccc1Cl)c1ccc2c(=O)n(-c3ccccc3)c(SCc3cccc(Cl)c3)nc2c1. The molecule has 1 aromatic heterocycles. The predicted octanol–water partition coefficient (Wildman–Crippen LogP) is 6.91. The van der Waals surface area contributed by atoms with Crippen molar-refractivity contribution in [3.8, 4) is 5.69 Å². The number of para-hydroxylation sites is 1. The second-order valence-electron chi connectivity index (χ2n) is 8.30. The van der Waals surface area contributed by atoms with E-state index in [0.717, 1.165) is 16.8 Å². The molecule has 1 amide bonds. The van der Waals surface area contributed by atoms with Gasteiger partial charge < -0.3 is 5.32 Å². The summed E-state index contributed by atoms with van der Waals surface area (Å²) in [6.45, 7) is 0.292. The van der Waals surface area contributed by atoms with Crippen molar-refractivity contribution in [2.75, 3.05) is 0 Å². The number of aromatic nitrogens is 2. The Morgan fingerprint density at radius 3 is 2.46 bits per heavy atom. The van der Waals surface area contributed by atoms with Gasteiger partial charge in [-0.1, -0.05) is 83.5 Å². The highest BCUT2D eigenvalue weighted by Gasteiger charge is 2.16. The zero-order chi connectivity index (χ0) is 25.8. The fraction of sp³-hybridized carbons (Fsp3) is 0.0690. The number of hydrogen-bond donors (Lipinski definition) is 1. The Kier molecular flexibility index (Phi) is 7.60. The van der Waals surface area contributed by atoms with Crippen LogP contribution >= 0.6 is 35.0 Å². The summed E-state index contributed by atoms with van der Waals surface area (Å²) in [5.41, 5.74) is 3.22. The molecule has 0 saturated heterocycles. The lowest BCUT2D eigenvalue weighted by Gasteiger charge is -2.14. The van der Waals surface area contributed by atoms with Crippen molar-refractivity contribution in [1.29, 1.82) is 0 Å². The van der Waals surface area contributed by atoms with E-state index in [-0.39, 0.29) is 11.5 Å². The highest BCUT2D eigenvalue weighted by atomic mass is 35.5. The Bertz CT molecular complexity index is 1660. The Labute approximate surface area is 228 Å². The molecule has 1 N–H and O–H groups in total. The molecule has 0 aliphatic rings. The van der Waals surface area contributed by atoms with Gasteiger partial charge >= 0.3 is 0 Å². The molecule has 37 heavy (non-hydrogen) atoms. The number of hydrogen-bond acceptors (Lipinski definition) is 4. The third kappa shape index (κ3) is 5.72. The first-order chi connectivity index (χ1) is 18.0. The van der Waals surface area contributed by atoms with Gasteiger partial charge in [-0.15, -0.1) is 0 Å². The highest BCUT2D eigenvalue weighted by molar-refractivity contribution is 7.98. The van der Waals surface area contributed by atoms with Crippen LogP contribution in [0.5, 0.6) is 0 Å². The molecule has 0 saturated carbocycles. The van der Waals surface area contributed by atoms with Crippen LogP contribution in [0, 0.1) is 0 Å². The zero-order valence-electron chi connectivity index (χ0n) is 19.5. The summed E-state index contributed by atoms with van der Waals surface area (Å²) in [6, 6.07) is 29.3. The van der Waals surface area contributed by atoms with E-state index in [2.05, 4.69) is 5.32 Å². The number of thioether (sulfide) groups is 1. The van der Waals surface area contributed by atoms with Gasteiger partial charge in [0.05, 0.1) is 16.6 Å². The fourth-order valence-corrected chi connectivity index (χ4v) is 5.27. The van der Waals surface area contributed by atoms with E-state index >= 15 is 0 Å².